The van der Waals surface area contributed by atoms with Crippen LogP contribution in [0.15, 0.2) is 42.5 Å². The molecule has 2 aromatic rings. The van der Waals surface area contributed by atoms with Gasteiger partial charge >= 0.3 is 0 Å². The maximum Gasteiger partial charge on any atom is 0.250 e. The van der Waals surface area contributed by atoms with Gasteiger partial charge in [0.2, 0.25) is 23.6 Å². The van der Waals surface area contributed by atoms with Crippen LogP contribution in [-0.4, -0.2) is 41.1 Å². The average molecular weight is 461 g/mol. The van der Waals surface area contributed by atoms with Crippen LogP contribution in [0.25, 0.3) is 0 Å². The Hall–Kier alpha value is -3.52. The summed E-state index contributed by atoms with van der Waals surface area (Å²) in [7, 11) is 0. The molecule has 3 heterocycles. The van der Waals surface area contributed by atoms with Crippen LogP contribution >= 0.6 is 0 Å². The third kappa shape index (κ3) is 3.24. The minimum atomic E-state index is -1.35. The van der Waals surface area contributed by atoms with Crippen LogP contribution in [0, 0.1) is 25.7 Å². The molecule has 0 radical (unpaired) electrons. The van der Waals surface area contributed by atoms with Crippen LogP contribution in [0.3, 0.4) is 0 Å². The van der Waals surface area contributed by atoms with Gasteiger partial charge in [0.05, 0.1) is 11.8 Å². The standard InChI is InChI=1S/C26H28N4O4/c1-14-12-15(2)22-17(13-14)26(25(34)28-22)21-20(18(29-26)8-9-19(27)31)23(32)30(24(21)33)11-10-16-6-4-3-5-7-16/h3-7,12-13,18,20-21,29H,8-11H2,1-2H3,(H2,27,31)(H,28,34)/t18-,20-,21+,26-/m1/s1. The number of rotatable bonds is 6. The largest absolute Gasteiger partial charge is 0.370 e. The highest BCUT2D eigenvalue weighted by molar-refractivity contribution is 6.15. The van der Waals surface area contributed by atoms with Crippen molar-refractivity contribution in [3.05, 3.63) is 64.7 Å². The number of carbonyl (C=O) groups is 4. The highest BCUT2D eigenvalue weighted by Gasteiger charge is 2.70. The van der Waals surface area contributed by atoms with Crippen LogP contribution in [-0.2, 0) is 31.1 Å². The van der Waals surface area contributed by atoms with Crippen molar-refractivity contribution < 1.29 is 19.2 Å². The van der Waals surface area contributed by atoms with Crippen molar-refractivity contribution in [1.82, 2.24) is 10.2 Å². The number of fused-ring (bicyclic) bond motifs is 4. The Morgan fingerprint density at radius 3 is 2.53 bits per heavy atom. The van der Waals surface area contributed by atoms with Crippen molar-refractivity contribution in [2.24, 2.45) is 17.6 Å². The predicted molar refractivity (Wildman–Crippen MR) is 125 cm³/mol. The van der Waals surface area contributed by atoms with E-state index in [4.69, 9.17) is 5.73 Å². The zero-order valence-corrected chi connectivity index (χ0v) is 19.3. The summed E-state index contributed by atoms with van der Waals surface area (Å²) >= 11 is 0. The zero-order valence-electron chi connectivity index (χ0n) is 19.3. The Balaban J connectivity index is 1.55. The van der Waals surface area contributed by atoms with Gasteiger partial charge in [-0.1, -0.05) is 48.0 Å². The molecule has 8 nitrogen and oxygen atoms in total. The van der Waals surface area contributed by atoms with Crippen LogP contribution in [0.2, 0.25) is 0 Å². The molecule has 3 aliphatic heterocycles. The number of benzene rings is 2. The van der Waals surface area contributed by atoms with Gasteiger partial charge in [0, 0.05) is 30.3 Å². The van der Waals surface area contributed by atoms with Crippen molar-refractivity contribution in [3.63, 3.8) is 0 Å². The zero-order chi connectivity index (χ0) is 24.2. The molecule has 0 aliphatic carbocycles. The van der Waals surface area contributed by atoms with Crippen molar-refractivity contribution in [3.8, 4) is 0 Å². The number of aryl methyl sites for hydroxylation is 2. The Morgan fingerprint density at radius 2 is 1.82 bits per heavy atom. The first-order chi connectivity index (χ1) is 16.2. The number of carbonyl (C=O) groups excluding carboxylic acids is 4. The highest BCUT2D eigenvalue weighted by Crippen LogP contribution is 2.54. The number of hydrogen-bond donors (Lipinski definition) is 3. The Morgan fingerprint density at radius 1 is 1.09 bits per heavy atom. The van der Waals surface area contributed by atoms with Crippen LogP contribution in [0.4, 0.5) is 5.69 Å². The maximum absolute atomic E-state index is 13.8. The lowest BCUT2D eigenvalue weighted by atomic mass is 9.75. The SMILES string of the molecule is Cc1cc(C)c2c(c1)[C@]1(N[C@H](CCC(N)=O)[C@H]3C(=O)N(CCc4ccccc4)C(=O)[C@H]31)C(=O)N2. The molecule has 5 rings (SSSR count). The van der Waals surface area contributed by atoms with Gasteiger partial charge in [-0.25, -0.2) is 0 Å². The molecular formula is C26H28N4O4. The van der Waals surface area contributed by atoms with Crippen LogP contribution < -0.4 is 16.4 Å². The van der Waals surface area contributed by atoms with E-state index < -0.39 is 29.3 Å². The number of nitrogens with one attached hydrogen (secondary N) is 2. The smallest absolute Gasteiger partial charge is 0.250 e. The van der Waals surface area contributed by atoms with Gasteiger partial charge in [-0.05, 0) is 37.8 Å². The molecule has 0 aromatic heterocycles. The minimum Gasteiger partial charge on any atom is -0.370 e. The van der Waals surface area contributed by atoms with Crippen molar-refractivity contribution in [1.29, 1.82) is 0 Å². The second kappa shape index (κ2) is 8.06. The van der Waals surface area contributed by atoms with E-state index in [9.17, 15) is 19.2 Å². The summed E-state index contributed by atoms with van der Waals surface area (Å²) in [5.74, 6) is -3.08. The quantitative estimate of drug-likeness (QED) is 0.565. The molecule has 4 N–H and O–H groups in total. The van der Waals surface area contributed by atoms with Gasteiger partial charge in [0.25, 0.3) is 0 Å². The van der Waals surface area contributed by atoms with Gasteiger partial charge in [-0.15, -0.1) is 0 Å². The Kier molecular flexibility index (Phi) is 5.28. The lowest BCUT2D eigenvalue weighted by Gasteiger charge is -2.30. The fraction of sp³-hybridized carbons (Fsp3) is 0.385. The van der Waals surface area contributed by atoms with Crippen molar-refractivity contribution in [2.75, 3.05) is 11.9 Å². The summed E-state index contributed by atoms with van der Waals surface area (Å²) in [6.45, 7) is 4.10. The fourth-order valence-corrected chi connectivity index (χ4v) is 5.97. The van der Waals surface area contributed by atoms with Gasteiger partial charge < -0.3 is 11.1 Å². The van der Waals surface area contributed by atoms with Gasteiger partial charge in [-0.2, -0.15) is 0 Å². The molecule has 2 aromatic carbocycles. The fourth-order valence-electron chi connectivity index (χ4n) is 5.97. The second-order valence-electron chi connectivity index (χ2n) is 9.59. The molecule has 4 atom stereocenters. The minimum absolute atomic E-state index is 0.0593. The molecule has 8 heteroatoms. The lowest BCUT2D eigenvalue weighted by Crippen LogP contribution is -2.53. The van der Waals surface area contributed by atoms with E-state index in [1.807, 2.05) is 56.3 Å². The second-order valence-corrected chi connectivity index (χ2v) is 9.59. The van der Waals surface area contributed by atoms with E-state index in [0.29, 0.717) is 17.7 Å². The summed E-state index contributed by atoms with van der Waals surface area (Å²) < 4.78 is 0. The number of nitrogens with zero attached hydrogens (tertiary/aromatic N) is 1. The first-order valence-electron chi connectivity index (χ1n) is 11.6. The summed E-state index contributed by atoms with van der Waals surface area (Å²) in [5, 5.41) is 6.31. The summed E-state index contributed by atoms with van der Waals surface area (Å²) in [5.41, 5.74) is 8.29. The van der Waals surface area contributed by atoms with E-state index in [2.05, 4.69) is 10.6 Å². The lowest BCUT2D eigenvalue weighted by molar-refractivity contribution is -0.142. The molecule has 0 unspecified atom stereocenters. The van der Waals surface area contributed by atoms with Gasteiger partial charge in [0.15, 0.2) is 0 Å². The third-order valence-electron chi connectivity index (χ3n) is 7.43. The van der Waals surface area contributed by atoms with Gasteiger partial charge in [0.1, 0.15) is 5.54 Å². The van der Waals surface area contributed by atoms with Crippen molar-refractivity contribution >= 4 is 29.3 Å². The van der Waals surface area contributed by atoms with Crippen LogP contribution in [0.1, 0.15) is 35.1 Å². The maximum atomic E-state index is 13.8. The van der Waals surface area contributed by atoms with Crippen molar-refractivity contribution in [2.45, 2.75) is 44.7 Å². The summed E-state index contributed by atoms with van der Waals surface area (Å²) in [4.78, 5) is 53.7. The Labute approximate surface area is 197 Å². The Bertz CT molecular complexity index is 1210. The molecule has 3 aliphatic rings. The third-order valence-corrected chi connectivity index (χ3v) is 7.43. The number of primary amides is 1. The van der Waals surface area contributed by atoms with E-state index in [0.717, 1.165) is 16.7 Å². The molecule has 0 saturated carbocycles. The highest BCUT2D eigenvalue weighted by atomic mass is 16.2. The van der Waals surface area contributed by atoms with E-state index in [-0.39, 0.29) is 37.1 Å². The number of amides is 4. The van der Waals surface area contributed by atoms with E-state index >= 15 is 0 Å². The predicted octanol–water partition coefficient (Wildman–Crippen LogP) is 1.53. The normalized spacial score (nSPS) is 27.3. The number of hydrogen-bond acceptors (Lipinski definition) is 5. The molecule has 2 fully saturated rings. The molecular weight excluding hydrogens is 432 g/mol. The topological polar surface area (TPSA) is 122 Å². The molecule has 4 amide bonds. The first kappa shape index (κ1) is 22.3. The number of likely N-dealkylation sites (tertiary alicyclic amines) is 1. The molecule has 34 heavy (non-hydrogen) atoms. The molecule has 2 saturated heterocycles. The summed E-state index contributed by atoms with van der Waals surface area (Å²) in [6, 6.07) is 13.0. The first-order valence-corrected chi connectivity index (χ1v) is 11.6. The molecule has 0 bridgehead atoms. The van der Waals surface area contributed by atoms with E-state index in [1.165, 1.54) is 4.90 Å². The number of nitrogens with two attached hydrogens (primary N) is 1. The summed E-state index contributed by atoms with van der Waals surface area (Å²) in [6.07, 6.45) is 0.867. The van der Waals surface area contributed by atoms with E-state index in [1.54, 1.807) is 0 Å². The van der Waals surface area contributed by atoms with Gasteiger partial charge in [-0.3, -0.25) is 29.4 Å². The number of imide groups is 1. The monoisotopic (exact) mass is 460 g/mol. The molecule has 176 valence electrons. The van der Waals surface area contributed by atoms with Crippen LogP contribution in [0.5, 0.6) is 0 Å². The molecule has 1 spiro atoms. The average Bonchev–Trinajstić information content (AvgIpc) is 3.37. The number of anilines is 1.